The van der Waals surface area contributed by atoms with E-state index in [-0.39, 0.29) is 16.6 Å². The molecule has 0 bridgehead atoms. The largest absolute Gasteiger partial charge is 0.299 e. The molecule has 0 amide bonds. The quantitative estimate of drug-likeness (QED) is 0.355. The van der Waals surface area contributed by atoms with Crippen molar-refractivity contribution in [1.82, 2.24) is 4.90 Å². The molecule has 3 aromatic carbocycles. The van der Waals surface area contributed by atoms with Gasteiger partial charge < -0.3 is 0 Å². The van der Waals surface area contributed by atoms with Crippen molar-refractivity contribution in [3.05, 3.63) is 100 Å². The number of hydrogen-bond acceptors (Lipinski definition) is 5. The number of likely N-dealkylation sites (tertiary alicyclic amines) is 1. The Balaban J connectivity index is 1.53. The molecule has 3 aromatic rings. The number of halogens is 2. The molecule has 0 saturated carbocycles. The minimum atomic E-state index is -4.01. The monoisotopic (exact) mass is 487 g/mol. The molecule has 0 N–H and O–H groups in total. The van der Waals surface area contributed by atoms with E-state index in [0.29, 0.717) is 38.2 Å². The van der Waals surface area contributed by atoms with Gasteiger partial charge in [0.25, 0.3) is 15.7 Å². The third kappa shape index (κ3) is 5.23. The minimum absolute atomic E-state index is 0.0309. The maximum Gasteiger partial charge on any atom is 0.269 e. The predicted molar refractivity (Wildman–Crippen MR) is 124 cm³/mol. The fourth-order valence-corrected chi connectivity index (χ4v) is 5.86. The zero-order valence-electron chi connectivity index (χ0n) is 18.2. The van der Waals surface area contributed by atoms with Crippen molar-refractivity contribution in [3.8, 4) is 0 Å². The fourth-order valence-electron chi connectivity index (χ4n) is 4.15. The topological polar surface area (TPSA) is 83.8 Å². The molecule has 1 heterocycles. The van der Waals surface area contributed by atoms with Crippen LogP contribution in [0.25, 0.3) is 0 Å². The number of benzene rings is 3. The van der Waals surface area contributed by atoms with Crippen LogP contribution >= 0.6 is 0 Å². The molecule has 0 radical (unpaired) electrons. The van der Waals surface area contributed by atoms with E-state index in [1.54, 1.807) is 12.1 Å². The first-order valence-electron chi connectivity index (χ1n) is 10.8. The Morgan fingerprint density at radius 2 is 1.41 bits per heavy atom. The van der Waals surface area contributed by atoms with Gasteiger partial charge in [-0.25, -0.2) is 17.2 Å². The van der Waals surface area contributed by atoms with Crippen molar-refractivity contribution in [2.24, 2.45) is 0 Å². The summed E-state index contributed by atoms with van der Waals surface area (Å²) in [6.07, 6.45) is 1.07. The van der Waals surface area contributed by atoms with Gasteiger partial charge in [0.05, 0.1) is 15.5 Å². The molecule has 1 saturated heterocycles. The molecule has 10 heteroatoms. The number of nitro groups is 1. The van der Waals surface area contributed by atoms with Gasteiger partial charge in [0.2, 0.25) is 0 Å². The van der Waals surface area contributed by atoms with Gasteiger partial charge in [0.15, 0.2) is 0 Å². The van der Waals surface area contributed by atoms with E-state index in [9.17, 15) is 27.3 Å². The van der Waals surface area contributed by atoms with Gasteiger partial charge in [0, 0.05) is 37.8 Å². The van der Waals surface area contributed by atoms with E-state index < -0.39 is 26.6 Å². The van der Waals surface area contributed by atoms with Gasteiger partial charge in [-0.15, -0.1) is 0 Å². The minimum Gasteiger partial charge on any atom is -0.299 e. The molecule has 178 valence electrons. The van der Waals surface area contributed by atoms with Crippen molar-refractivity contribution in [3.63, 3.8) is 0 Å². The first-order chi connectivity index (χ1) is 16.2. The number of nitro benzene ring substituents is 1. The summed E-state index contributed by atoms with van der Waals surface area (Å²) in [5.74, 6) is -1.01. The normalized spacial score (nSPS) is 15.2. The van der Waals surface area contributed by atoms with E-state index in [4.69, 9.17) is 0 Å². The second kappa shape index (κ2) is 9.86. The van der Waals surface area contributed by atoms with Crippen LogP contribution in [0.4, 0.5) is 20.2 Å². The third-order valence-electron chi connectivity index (χ3n) is 5.89. The van der Waals surface area contributed by atoms with Gasteiger partial charge in [-0.05, 0) is 66.9 Å². The van der Waals surface area contributed by atoms with Crippen LogP contribution in [0.5, 0.6) is 0 Å². The number of nitrogens with zero attached hydrogens (tertiary/aromatic N) is 3. The number of non-ortho nitro benzene ring substituents is 1. The highest BCUT2D eigenvalue weighted by Crippen LogP contribution is 2.31. The Kier molecular flexibility index (Phi) is 6.90. The lowest BCUT2D eigenvalue weighted by molar-refractivity contribution is -0.384. The molecule has 34 heavy (non-hydrogen) atoms. The van der Waals surface area contributed by atoms with Crippen LogP contribution in [0.3, 0.4) is 0 Å². The maximum atomic E-state index is 13.5. The number of rotatable bonds is 7. The lowest BCUT2D eigenvalue weighted by atomic mass is 10.0. The van der Waals surface area contributed by atoms with Crippen molar-refractivity contribution in [2.45, 2.75) is 30.3 Å². The predicted octanol–water partition coefficient (Wildman–Crippen LogP) is 4.73. The summed E-state index contributed by atoms with van der Waals surface area (Å²) >= 11 is 0. The second-order valence-corrected chi connectivity index (χ2v) is 9.98. The van der Waals surface area contributed by atoms with Gasteiger partial charge in [-0.1, -0.05) is 12.1 Å². The highest BCUT2D eigenvalue weighted by Gasteiger charge is 2.34. The van der Waals surface area contributed by atoms with E-state index in [0.717, 1.165) is 17.7 Å². The Hall–Kier alpha value is -3.37. The smallest absolute Gasteiger partial charge is 0.269 e. The highest BCUT2D eigenvalue weighted by molar-refractivity contribution is 7.92. The SMILES string of the molecule is O=[N+]([O-])c1ccc(CN2CCC(N(c3ccc(F)cc3)S(=O)(=O)c3ccc(F)cc3)CC2)cc1. The summed E-state index contributed by atoms with van der Waals surface area (Å²) in [7, 11) is -4.01. The Labute approximate surface area is 196 Å². The molecule has 4 rings (SSSR count). The molecular formula is C24H23F2N3O4S. The summed E-state index contributed by atoms with van der Waals surface area (Å²) in [5, 5.41) is 10.8. The fraction of sp³-hybridized carbons (Fsp3) is 0.250. The number of anilines is 1. The summed E-state index contributed by atoms with van der Waals surface area (Å²) in [5.41, 5.74) is 1.31. The van der Waals surface area contributed by atoms with Crippen molar-refractivity contribution in [1.29, 1.82) is 0 Å². The van der Waals surface area contributed by atoms with Crippen LogP contribution in [-0.4, -0.2) is 37.4 Å². The van der Waals surface area contributed by atoms with Crippen LogP contribution in [-0.2, 0) is 16.6 Å². The van der Waals surface area contributed by atoms with Crippen LogP contribution in [0.1, 0.15) is 18.4 Å². The molecule has 0 atom stereocenters. The van der Waals surface area contributed by atoms with Gasteiger partial charge in [-0.2, -0.15) is 0 Å². The van der Waals surface area contributed by atoms with Crippen LogP contribution in [0.15, 0.2) is 77.7 Å². The maximum absolute atomic E-state index is 13.5. The van der Waals surface area contributed by atoms with Crippen molar-refractivity contribution >= 4 is 21.4 Å². The van der Waals surface area contributed by atoms with Crippen LogP contribution < -0.4 is 4.31 Å². The summed E-state index contributed by atoms with van der Waals surface area (Å²) in [4.78, 5) is 12.5. The first kappa shape index (κ1) is 23.8. The molecule has 0 spiro atoms. The Bertz CT molecular complexity index is 1240. The van der Waals surface area contributed by atoms with Crippen LogP contribution in [0, 0.1) is 21.7 Å². The molecule has 0 aromatic heterocycles. The number of sulfonamides is 1. The first-order valence-corrected chi connectivity index (χ1v) is 12.2. The van der Waals surface area contributed by atoms with Crippen LogP contribution in [0.2, 0.25) is 0 Å². The average Bonchev–Trinajstić information content (AvgIpc) is 2.82. The van der Waals surface area contributed by atoms with E-state index >= 15 is 0 Å². The van der Waals surface area contributed by atoms with Crippen molar-refractivity contribution < 1.29 is 22.1 Å². The molecule has 0 unspecified atom stereocenters. The Morgan fingerprint density at radius 1 is 0.882 bits per heavy atom. The third-order valence-corrected chi connectivity index (χ3v) is 7.79. The summed E-state index contributed by atoms with van der Waals surface area (Å²) in [6.45, 7) is 1.81. The summed E-state index contributed by atoms with van der Waals surface area (Å²) in [6, 6.07) is 15.9. The summed E-state index contributed by atoms with van der Waals surface area (Å²) < 4.78 is 55.3. The molecular weight excluding hydrogens is 464 g/mol. The van der Waals surface area contributed by atoms with E-state index in [1.807, 2.05) is 0 Å². The molecule has 1 fully saturated rings. The lowest BCUT2D eigenvalue weighted by Gasteiger charge is -2.39. The average molecular weight is 488 g/mol. The molecule has 0 aliphatic carbocycles. The Morgan fingerprint density at radius 3 is 1.94 bits per heavy atom. The van der Waals surface area contributed by atoms with Crippen molar-refractivity contribution in [2.75, 3.05) is 17.4 Å². The molecule has 7 nitrogen and oxygen atoms in total. The number of piperidine rings is 1. The zero-order valence-corrected chi connectivity index (χ0v) is 19.0. The standard InChI is InChI=1S/C24H23F2N3O4S/c25-19-3-9-21(10-4-19)28(34(32,33)24-11-5-20(26)6-12-24)22-13-15-27(16-14-22)17-18-1-7-23(8-2-18)29(30)31/h1-12,22H,13-17H2. The second-order valence-electron chi connectivity index (χ2n) is 8.16. The molecule has 1 aliphatic heterocycles. The lowest BCUT2D eigenvalue weighted by Crippen LogP contribution is -2.47. The highest BCUT2D eigenvalue weighted by atomic mass is 32.2. The van der Waals surface area contributed by atoms with E-state index in [2.05, 4.69) is 4.90 Å². The van der Waals surface area contributed by atoms with Gasteiger partial charge in [0.1, 0.15) is 11.6 Å². The van der Waals surface area contributed by atoms with Gasteiger partial charge >= 0.3 is 0 Å². The van der Waals surface area contributed by atoms with Gasteiger partial charge in [-0.3, -0.25) is 19.3 Å². The zero-order chi connectivity index (χ0) is 24.3. The molecule has 1 aliphatic rings. The van der Waals surface area contributed by atoms with E-state index in [1.165, 1.54) is 52.8 Å². The number of hydrogen-bond donors (Lipinski definition) is 0.